The molecule has 2 aliphatic heterocycles. The summed E-state index contributed by atoms with van der Waals surface area (Å²) in [6, 6.07) is 11.8. The van der Waals surface area contributed by atoms with Crippen LogP contribution in [0.5, 0.6) is 92.0 Å². The number of hydrogen-bond donors (Lipinski definition) is 14. The highest BCUT2D eigenvalue weighted by Gasteiger charge is 2.43. The third-order valence-electron chi connectivity index (χ3n) is 10.7. The molecule has 0 saturated carbocycles. The summed E-state index contributed by atoms with van der Waals surface area (Å²) < 4.78 is 24.3. The minimum atomic E-state index is -1.48. The van der Waals surface area contributed by atoms with Crippen molar-refractivity contribution in [2.24, 2.45) is 0 Å². The van der Waals surface area contributed by atoms with Crippen LogP contribution in [-0.2, 0) is 22.3 Å². The predicted octanol–water partition coefficient (Wildman–Crippen LogP) is 5.04. The molecule has 0 fully saturated rings. The van der Waals surface area contributed by atoms with E-state index in [1.54, 1.807) is 0 Å². The van der Waals surface area contributed by atoms with Gasteiger partial charge in [-0.2, -0.15) is 0 Å². The van der Waals surface area contributed by atoms with Crippen LogP contribution in [0.2, 0.25) is 0 Å². The first-order chi connectivity index (χ1) is 30.3. The molecule has 4 atom stereocenters. The maximum Gasteiger partial charge on any atom is 0.338 e. The Morgan fingerprint density at radius 1 is 0.406 bits per heavy atom. The molecule has 8 rings (SSSR count). The third kappa shape index (κ3) is 7.23. The SMILES string of the molecule is O=C(OC1Cc2c(O)cc(O)c(-c3c(O)cc(O)c4c3OC(c3ccc(O)c(O)c3)C(OC(=O)c3cc(O)c(O)c(O)c3)C4)c2OC1c1ccc(O)c(O)c1)c1cc(O)c(O)c(O)c1. The second-order valence-electron chi connectivity index (χ2n) is 14.8. The average molecular weight is 883 g/mol. The second kappa shape index (κ2) is 15.5. The summed E-state index contributed by atoms with van der Waals surface area (Å²) in [6.45, 7) is 0. The number of benzene rings is 6. The maximum atomic E-state index is 13.5. The number of ether oxygens (including phenoxy) is 4. The Kier molecular flexibility index (Phi) is 10.1. The minimum absolute atomic E-state index is 0.0456. The molecule has 0 aromatic heterocycles. The molecule has 0 radical (unpaired) electrons. The number of phenolic OH excluding ortho intramolecular Hbond substituents is 14. The van der Waals surface area contributed by atoms with Crippen LogP contribution in [0, 0.1) is 0 Å². The first-order valence-corrected chi connectivity index (χ1v) is 18.8. The van der Waals surface area contributed by atoms with Gasteiger partial charge in [0.1, 0.15) is 46.7 Å². The number of hydrogen-bond acceptors (Lipinski definition) is 20. The molecular weight excluding hydrogens is 848 g/mol. The second-order valence-corrected chi connectivity index (χ2v) is 14.8. The zero-order chi connectivity index (χ0) is 46.0. The van der Waals surface area contributed by atoms with E-state index in [-0.39, 0.29) is 44.9 Å². The zero-order valence-corrected chi connectivity index (χ0v) is 32.4. The van der Waals surface area contributed by atoms with Gasteiger partial charge in [0.2, 0.25) is 0 Å². The number of aromatic hydroxyl groups is 14. The van der Waals surface area contributed by atoms with Gasteiger partial charge >= 0.3 is 11.9 Å². The van der Waals surface area contributed by atoms with Gasteiger partial charge in [0.15, 0.2) is 69.7 Å². The molecule has 64 heavy (non-hydrogen) atoms. The standard InChI is InChI=1S/C44H34O20/c45-21-3-1-15(5-25(21)49)39-33(61-43(59)17-7-29(53)37(57)30(54)8-17)11-19-23(47)13-27(51)35(41(19)63-39)36-28(52)14-24(48)20-12-34(62-44(60)18-9-31(55)38(58)32(56)10-18)40(64-42(20)36)16-2-4-22(46)26(50)6-16/h1-10,13-14,33-34,39-40,45-58H,11-12H2. The highest BCUT2D eigenvalue weighted by atomic mass is 16.6. The molecule has 20 nitrogen and oxygen atoms in total. The van der Waals surface area contributed by atoms with E-state index in [2.05, 4.69) is 0 Å². The van der Waals surface area contributed by atoms with Crippen molar-refractivity contribution in [2.75, 3.05) is 0 Å². The molecule has 0 bridgehead atoms. The van der Waals surface area contributed by atoms with Crippen molar-refractivity contribution in [3.63, 3.8) is 0 Å². The molecule has 6 aromatic rings. The van der Waals surface area contributed by atoms with E-state index in [9.17, 15) is 81.1 Å². The topological polar surface area (TPSA) is 354 Å². The normalized spacial score (nSPS) is 17.6. The molecular formula is C44H34O20. The van der Waals surface area contributed by atoms with Crippen LogP contribution in [-0.4, -0.2) is 95.6 Å². The Bertz CT molecular complexity index is 2680. The van der Waals surface area contributed by atoms with Crippen molar-refractivity contribution in [2.45, 2.75) is 37.3 Å². The molecule has 20 heteroatoms. The van der Waals surface area contributed by atoms with E-state index in [0.29, 0.717) is 0 Å². The lowest BCUT2D eigenvalue weighted by molar-refractivity contribution is -0.0197. The molecule has 330 valence electrons. The third-order valence-corrected chi connectivity index (χ3v) is 10.7. The lowest BCUT2D eigenvalue weighted by atomic mass is 9.86. The van der Waals surface area contributed by atoms with Gasteiger partial charge in [0.25, 0.3) is 0 Å². The van der Waals surface area contributed by atoms with Gasteiger partial charge in [-0.3, -0.25) is 0 Å². The van der Waals surface area contributed by atoms with Crippen LogP contribution < -0.4 is 9.47 Å². The molecule has 0 spiro atoms. The first-order valence-electron chi connectivity index (χ1n) is 18.8. The summed E-state index contributed by atoms with van der Waals surface area (Å²) in [5.41, 5.74) is -1.83. The van der Waals surface area contributed by atoms with Gasteiger partial charge in [0, 0.05) is 47.2 Å². The number of fused-ring (bicyclic) bond motifs is 2. The Labute approximate surface area is 358 Å². The van der Waals surface area contributed by atoms with Crippen LogP contribution in [0.3, 0.4) is 0 Å². The number of rotatable bonds is 7. The van der Waals surface area contributed by atoms with Crippen molar-refractivity contribution in [3.8, 4) is 103 Å². The number of esters is 2. The summed E-state index contributed by atoms with van der Waals surface area (Å²) in [6.07, 6.45) is -6.73. The maximum absolute atomic E-state index is 13.5. The Morgan fingerprint density at radius 2 is 0.750 bits per heavy atom. The van der Waals surface area contributed by atoms with E-state index < -0.39 is 141 Å². The molecule has 2 heterocycles. The molecule has 6 aromatic carbocycles. The van der Waals surface area contributed by atoms with Gasteiger partial charge < -0.3 is 90.4 Å². The largest absolute Gasteiger partial charge is 0.507 e. The molecule has 2 aliphatic rings. The van der Waals surface area contributed by atoms with Gasteiger partial charge in [0.05, 0.1) is 22.3 Å². The van der Waals surface area contributed by atoms with Crippen LogP contribution in [0.15, 0.2) is 72.8 Å². The lowest BCUT2D eigenvalue weighted by Crippen LogP contribution is -2.35. The number of carbonyl (C=O) groups excluding carboxylic acids is 2. The summed E-state index contributed by atoms with van der Waals surface area (Å²) in [5.74, 6) is -13.4. The van der Waals surface area contributed by atoms with E-state index in [1.165, 1.54) is 12.1 Å². The van der Waals surface area contributed by atoms with Crippen molar-refractivity contribution in [1.82, 2.24) is 0 Å². The zero-order valence-electron chi connectivity index (χ0n) is 32.4. The Hall–Kier alpha value is -8.94. The van der Waals surface area contributed by atoms with Gasteiger partial charge in [-0.15, -0.1) is 0 Å². The molecule has 14 N–H and O–H groups in total. The van der Waals surface area contributed by atoms with E-state index in [1.807, 2.05) is 0 Å². The monoisotopic (exact) mass is 882 g/mol. The average Bonchev–Trinajstić information content (AvgIpc) is 3.24. The fourth-order valence-corrected chi connectivity index (χ4v) is 7.57. The highest BCUT2D eigenvalue weighted by molar-refractivity contribution is 5.93. The van der Waals surface area contributed by atoms with Crippen molar-refractivity contribution in [3.05, 3.63) is 106 Å². The van der Waals surface area contributed by atoms with Gasteiger partial charge in [-0.25, -0.2) is 9.59 Å². The van der Waals surface area contributed by atoms with Gasteiger partial charge in [-0.05, 0) is 48.5 Å². The summed E-state index contributed by atoms with van der Waals surface area (Å²) in [4.78, 5) is 26.9. The molecule has 0 aliphatic carbocycles. The van der Waals surface area contributed by atoms with Gasteiger partial charge in [-0.1, -0.05) is 12.1 Å². The summed E-state index contributed by atoms with van der Waals surface area (Å²) >= 11 is 0. The van der Waals surface area contributed by atoms with Crippen LogP contribution in [0.4, 0.5) is 0 Å². The van der Waals surface area contributed by atoms with E-state index in [0.717, 1.165) is 60.7 Å². The smallest absolute Gasteiger partial charge is 0.338 e. The fourth-order valence-electron chi connectivity index (χ4n) is 7.57. The summed E-state index contributed by atoms with van der Waals surface area (Å²) in [5, 5.41) is 147. The molecule has 0 amide bonds. The minimum Gasteiger partial charge on any atom is -0.507 e. The fraction of sp³-hybridized carbons (Fsp3) is 0.136. The van der Waals surface area contributed by atoms with E-state index in [4.69, 9.17) is 18.9 Å². The Morgan fingerprint density at radius 3 is 1.08 bits per heavy atom. The van der Waals surface area contributed by atoms with Crippen LogP contribution in [0.1, 0.15) is 55.2 Å². The lowest BCUT2D eigenvalue weighted by Gasteiger charge is -2.37. The number of carbonyl (C=O) groups is 2. The quantitative estimate of drug-likeness (QED) is 0.0737. The van der Waals surface area contributed by atoms with Crippen molar-refractivity contribution in [1.29, 1.82) is 0 Å². The van der Waals surface area contributed by atoms with Crippen LogP contribution >= 0.6 is 0 Å². The Balaban J connectivity index is 1.26. The number of phenols is 14. The highest BCUT2D eigenvalue weighted by Crippen LogP contribution is 2.58. The summed E-state index contributed by atoms with van der Waals surface area (Å²) in [7, 11) is 0. The van der Waals surface area contributed by atoms with Crippen LogP contribution in [0.25, 0.3) is 11.1 Å². The molecule has 0 saturated heterocycles. The first kappa shape index (κ1) is 41.8. The van der Waals surface area contributed by atoms with Crippen molar-refractivity contribution < 1.29 is 100 Å². The van der Waals surface area contributed by atoms with Crippen molar-refractivity contribution >= 4 is 11.9 Å². The van der Waals surface area contributed by atoms with E-state index >= 15 is 0 Å². The predicted molar refractivity (Wildman–Crippen MR) is 214 cm³/mol. The molecule has 4 unspecified atom stereocenters.